The minimum atomic E-state index is -4.24. The van der Waals surface area contributed by atoms with Crippen molar-refractivity contribution >= 4 is 73.9 Å². The van der Waals surface area contributed by atoms with Gasteiger partial charge in [0.15, 0.2) is 0 Å². The number of aryl methyl sites for hydroxylation is 1. The number of hydrogen-bond donors (Lipinski definition) is 1. The second kappa shape index (κ2) is 13.9. The van der Waals surface area contributed by atoms with Crippen LogP contribution in [0, 0.1) is 6.92 Å². The fraction of sp³-hybridized carbons (Fsp3) is 0.286. The van der Waals surface area contributed by atoms with Gasteiger partial charge in [0.2, 0.25) is 11.8 Å². The molecule has 3 aromatic carbocycles. The molecule has 7 nitrogen and oxygen atoms in total. The summed E-state index contributed by atoms with van der Waals surface area (Å²) in [7, 11) is -4.24. The van der Waals surface area contributed by atoms with Gasteiger partial charge in [-0.25, -0.2) is 8.42 Å². The van der Waals surface area contributed by atoms with Crippen molar-refractivity contribution < 1.29 is 18.0 Å². The topological polar surface area (TPSA) is 86.8 Å². The second-order valence-corrected chi connectivity index (χ2v) is 12.7. The quantitative estimate of drug-likeness (QED) is 0.250. The van der Waals surface area contributed by atoms with Gasteiger partial charge in [-0.3, -0.25) is 13.9 Å². The van der Waals surface area contributed by atoms with Crippen molar-refractivity contribution in [3.05, 3.63) is 91.9 Å². The predicted octanol–water partition coefficient (Wildman–Crippen LogP) is 6.75. The van der Waals surface area contributed by atoms with E-state index in [0.717, 1.165) is 9.87 Å². The summed E-state index contributed by atoms with van der Waals surface area (Å²) in [5, 5.41) is 3.85. The van der Waals surface area contributed by atoms with E-state index in [0.29, 0.717) is 28.6 Å². The Balaban J connectivity index is 2.06. The van der Waals surface area contributed by atoms with Gasteiger partial charge in [-0.1, -0.05) is 77.1 Å². The number of hydrogen-bond acceptors (Lipinski definition) is 4. The molecule has 3 aromatic rings. The van der Waals surface area contributed by atoms with Crippen LogP contribution >= 0.6 is 46.4 Å². The number of carbonyl (C=O) groups is 2. The van der Waals surface area contributed by atoms with Crippen molar-refractivity contribution in [2.24, 2.45) is 0 Å². The highest BCUT2D eigenvalue weighted by Crippen LogP contribution is 2.31. The molecule has 0 aromatic heterocycles. The molecule has 2 amide bonds. The van der Waals surface area contributed by atoms with Crippen LogP contribution in [0.3, 0.4) is 0 Å². The molecule has 0 saturated heterocycles. The fourth-order valence-electron chi connectivity index (χ4n) is 3.82. The number of nitrogens with zero attached hydrogens (tertiary/aromatic N) is 2. The van der Waals surface area contributed by atoms with E-state index in [1.54, 1.807) is 31.2 Å². The Morgan fingerprint density at radius 3 is 2.17 bits per heavy atom. The van der Waals surface area contributed by atoms with Crippen molar-refractivity contribution in [1.82, 2.24) is 10.2 Å². The normalized spacial score (nSPS) is 12.1. The molecule has 0 aliphatic heterocycles. The number of halogens is 4. The molecule has 0 unspecified atom stereocenters. The highest BCUT2D eigenvalue weighted by Gasteiger charge is 2.33. The minimum Gasteiger partial charge on any atom is -0.354 e. The first-order chi connectivity index (χ1) is 18.8. The highest BCUT2D eigenvalue weighted by atomic mass is 35.5. The highest BCUT2D eigenvalue weighted by molar-refractivity contribution is 7.92. The Morgan fingerprint density at radius 2 is 1.57 bits per heavy atom. The molecule has 0 spiro atoms. The van der Waals surface area contributed by atoms with Gasteiger partial charge in [0.05, 0.1) is 20.6 Å². The maximum absolute atomic E-state index is 13.9. The zero-order chi connectivity index (χ0) is 29.6. The summed E-state index contributed by atoms with van der Waals surface area (Å²) >= 11 is 24.7. The Kier molecular flexibility index (Phi) is 11.1. The maximum Gasteiger partial charge on any atom is 0.264 e. The third-order valence-corrected chi connectivity index (χ3v) is 9.27. The standard InChI is InChI=1S/C28H29Cl4N3O4S/c1-4-13-33-28(37)19(3)34(16-20-7-8-21(29)14-25(20)31)27(36)17-35(22-9-12-24(30)26(32)15-22)40(38,39)23-10-5-18(2)6-11-23/h5-12,14-15,19H,4,13,16-17H2,1-3H3,(H,33,37)/t19-/m1/s1. The number of amides is 2. The first-order valence-corrected chi connectivity index (χ1v) is 15.4. The molecule has 1 atom stereocenters. The molecule has 0 fully saturated rings. The lowest BCUT2D eigenvalue weighted by atomic mass is 10.1. The Morgan fingerprint density at radius 1 is 0.900 bits per heavy atom. The van der Waals surface area contributed by atoms with E-state index in [9.17, 15) is 18.0 Å². The zero-order valence-corrected chi connectivity index (χ0v) is 26.0. The van der Waals surface area contributed by atoms with E-state index < -0.39 is 28.5 Å². The lowest BCUT2D eigenvalue weighted by molar-refractivity contribution is -0.139. The molecular formula is C28H29Cl4N3O4S. The number of nitrogens with one attached hydrogen (secondary N) is 1. The molecule has 0 aliphatic carbocycles. The van der Waals surface area contributed by atoms with Gasteiger partial charge in [-0.2, -0.15) is 0 Å². The molecule has 214 valence electrons. The van der Waals surface area contributed by atoms with Crippen LogP contribution in [0.2, 0.25) is 20.1 Å². The van der Waals surface area contributed by atoms with Crippen LogP contribution in [0.5, 0.6) is 0 Å². The van der Waals surface area contributed by atoms with Crippen LogP contribution in [0.4, 0.5) is 5.69 Å². The molecule has 0 aliphatic rings. The summed E-state index contributed by atoms with van der Waals surface area (Å²) in [4.78, 5) is 28.1. The maximum atomic E-state index is 13.9. The monoisotopic (exact) mass is 643 g/mol. The summed E-state index contributed by atoms with van der Waals surface area (Å²) in [5.41, 5.74) is 1.54. The molecule has 1 N–H and O–H groups in total. The van der Waals surface area contributed by atoms with E-state index in [1.165, 1.54) is 41.3 Å². The average molecular weight is 645 g/mol. The average Bonchev–Trinajstić information content (AvgIpc) is 2.91. The van der Waals surface area contributed by atoms with Gasteiger partial charge < -0.3 is 10.2 Å². The van der Waals surface area contributed by atoms with Crippen molar-refractivity contribution in [2.75, 3.05) is 17.4 Å². The molecule has 40 heavy (non-hydrogen) atoms. The summed E-state index contributed by atoms with van der Waals surface area (Å²) in [6.07, 6.45) is 0.704. The van der Waals surface area contributed by atoms with E-state index in [2.05, 4.69) is 5.32 Å². The van der Waals surface area contributed by atoms with E-state index in [1.807, 2.05) is 13.8 Å². The predicted molar refractivity (Wildman–Crippen MR) is 162 cm³/mol. The van der Waals surface area contributed by atoms with Gasteiger partial charge in [0.25, 0.3) is 10.0 Å². The molecule has 12 heteroatoms. The van der Waals surface area contributed by atoms with Gasteiger partial charge in [0.1, 0.15) is 12.6 Å². The Labute approximate surface area is 255 Å². The van der Waals surface area contributed by atoms with E-state index in [-0.39, 0.29) is 33.1 Å². The number of anilines is 1. The summed E-state index contributed by atoms with van der Waals surface area (Å²) < 4.78 is 28.7. The lowest BCUT2D eigenvalue weighted by Crippen LogP contribution is -2.51. The molecule has 0 bridgehead atoms. The van der Waals surface area contributed by atoms with Gasteiger partial charge in [-0.05, 0) is 68.3 Å². The first kappa shape index (κ1) is 32.0. The lowest BCUT2D eigenvalue weighted by Gasteiger charge is -2.32. The van der Waals surface area contributed by atoms with Crippen molar-refractivity contribution in [1.29, 1.82) is 0 Å². The Hall–Kier alpha value is -2.49. The van der Waals surface area contributed by atoms with E-state index >= 15 is 0 Å². The molecular weight excluding hydrogens is 616 g/mol. The summed E-state index contributed by atoms with van der Waals surface area (Å²) in [5.74, 6) is -1.02. The van der Waals surface area contributed by atoms with Crippen LogP contribution < -0.4 is 9.62 Å². The van der Waals surface area contributed by atoms with Gasteiger partial charge in [0, 0.05) is 23.1 Å². The molecule has 3 rings (SSSR count). The van der Waals surface area contributed by atoms with Crippen molar-refractivity contribution in [3.8, 4) is 0 Å². The molecule has 0 heterocycles. The minimum absolute atomic E-state index is 0.0157. The van der Waals surface area contributed by atoms with Crippen molar-refractivity contribution in [3.63, 3.8) is 0 Å². The van der Waals surface area contributed by atoms with Gasteiger partial charge in [-0.15, -0.1) is 0 Å². The SMILES string of the molecule is CCCNC(=O)[C@@H](C)N(Cc1ccc(Cl)cc1Cl)C(=O)CN(c1ccc(Cl)c(Cl)c1)S(=O)(=O)c1ccc(C)cc1. The number of rotatable bonds is 11. The van der Waals surface area contributed by atoms with E-state index in [4.69, 9.17) is 46.4 Å². The zero-order valence-electron chi connectivity index (χ0n) is 22.1. The van der Waals surface area contributed by atoms with Gasteiger partial charge >= 0.3 is 0 Å². The number of benzene rings is 3. The third kappa shape index (κ3) is 7.83. The number of sulfonamides is 1. The molecule has 0 saturated carbocycles. The van der Waals surface area contributed by atoms with Crippen LogP contribution in [-0.4, -0.2) is 44.3 Å². The fourth-order valence-corrected chi connectivity index (χ4v) is 5.98. The van der Waals surface area contributed by atoms with Crippen LogP contribution in [0.25, 0.3) is 0 Å². The Bertz CT molecular complexity index is 1480. The summed E-state index contributed by atoms with van der Waals surface area (Å²) in [6, 6.07) is 14.4. The second-order valence-electron chi connectivity index (χ2n) is 9.15. The smallest absolute Gasteiger partial charge is 0.264 e. The first-order valence-electron chi connectivity index (χ1n) is 12.4. The van der Waals surface area contributed by atoms with Crippen LogP contribution in [-0.2, 0) is 26.2 Å². The number of carbonyl (C=O) groups excluding carboxylic acids is 2. The van der Waals surface area contributed by atoms with Crippen LogP contribution in [0.15, 0.2) is 65.6 Å². The third-order valence-electron chi connectivity index (χ3n) is 6.15. The molecule has 0 radical (unpaired) electrons. The van der Waals surface area contributed by atoms with Crippen molar-refractivity contribution in [2.45, 2.75) is 44.7 Å². The van der Waals surface area contributed by atoms with Crippen LogP contribution in [0.1, 0.15) is 31.4 Å². The largest absolute Gasteiger partial charge is 0.354 e. The summed E-state index contributed by atoms with van der Waals surface area (Å²) in [6.45, 7) is 5.06.